The summed E-state index contributed by atoms with van der Waals surface area (Å²) in [6, 6.07) is 3.92. The van der Waals surface area contributed by atoms with Crippen molar-refractivity contribution in [2.45, 2.75) is 45.6 Å². The smallest absolute Gasteiger partial charge is 0.226 e. The summed E-state index contributed by atoms with van der Waals surface area (Å²) >= 11 is 0. The normalized spacial score (nSPS) is 22.3. The zero-order chi connectivity index (χ0) is 18.6. The number of carbonyl (C=O) groups is 1. The lowest BCUT2D eigenvalue weighted by Gasteiger charge is -2.37. The lowest BCUT2D eigenvalue weighted by atomic mass is 9.91. The molecule has 4 heterocycles. The highest BCUT2D eigenvalue weighted by atomic mass is 16.5. The van der Waals surface area contributed by atoms with E-state index < -0.39 is 0 Å². The first kappa shape index (κ1) is 18.2. The molecule has 0 bridgehead atoms. The Morgan fingerprint density at radius 1 is 1.26 bits per heavy atom. The number of aromatic nitrogens is 2. The molecule has 0 aromatic carbocycles. The average molecular weight is 372 g/mol. The van der Waals surface area contributed by atoms with E-state index in [1.807, 2.05) is 19.1 Å². The highest BCUT2D eigenvalue weighted by Gasteiger charge is 2.32. The van der Waals surface area contributed by atoms with Gasteiger partial charge < -0.3 is 13.8 Å². The van der Waals surface area contributed by atoms with Gasteiger partial charge in [0.25, 0.3) is 0 Å². The molecule has 0 saturated carbocycles. The summed E-state index contributed by atoms with van der Waals surface area (Å²) in [6.07, 6.45) is 6.66. The van der Waals surface area contributed by atoms with E-state index in [0.29, 0.717) is 17.7 Å². The van der Waals surface area contributed by atoms with Crippen molar-refractivity contribution >= 4 is 5.91 Å². The molecule has 7 heteroatoms. The Morgan fingerprint density at radius 2 is 2.11 bits per heavy atom. The number of aryl methyl sites for hydroxylation is 1. The number of nitrogens with zero attached hydrogens (tertiary/aromatic N) is 4. The first-order chi connectivity index (χ1) is 13.2. The molecule has 146 valence electrons. The monoisotopic (exact) mass is 372 g/mol. The molecule has 2 aliphatic heterocycles. The van der Waals surface area contributed by atoms with Crippen molar-refractivity contribution in [1.82, 2.24) is 19.9 Å². The summed E-state index contributed by atoms with van der Waals surface area (Å²) in [5, 5.41) is 4.00. The summed E-state index contributed by atoms with van der Waals surface area (Å²) in [7, 11) is 0. The average Bonchev–Trinajstić information content (AvgIpc) is 3.34. The van der Waals surface area contributed by atoms with Crippen LogP contribution in [0.4, 0.5) is 0 Å². The van der Waals surface area contributed by atoms with Crippen molar-refractivity contribution in [3.05, 3.63) is 35.9 Å². The number of furan rings is 1. The van der Waals surface area contributed by atoms with Gasteiger partial charge in [-0.05, 0) is 50.3 Å². The molecule has 0 unspecified atom stereocenters. The van der Waals surface area contributed by atoms with E-state index in [2.05, 4.69) is 19.9 Å². The highest BCUT2D eigenvalue weighted by molar-refractivity contribution is 5.79. The number of likely N-dealkylation sites (tertiary alicyclic amines) is 2. The highest BCUT2D eigenvalue weighted by Crippen LogP contribution is 2.25. The lowest BCUT2D eigenvalue weighted by molar-refractivity contribution is -0.138. The van der Waals surface area contributed by atoms with Gasteiger partial charge in [-0.15, -0.1) is 0 Å². The standard InChI is InChI=1S/C20H28N4O3/c1-15-21-19(22-27-15)12-16-6-9-24(10-7-16)20(25)17-4-2-8-23(13-17)14-18-5-3-11-26-18/h3,5,11,16-17H,2,4,6-10,12-14H2,1H3/t17-/m0/s1. The molecule has 2 saturated heterocycles. The van der Waals surface area contributed by atoms with Crippen LogP contribution in [0.5, 0.6) is 0 Å². The largest absolute Gasteiger partial charge is 0.468 e. The second kappa shape index (κ2) is 8.25. The van der Waals surface area contributed by atoms with Gasteiger partial charge in [-0.25, -0.2) is 0 Å². The van der Waals surface area contributed by atoms with Crippen LogP contribution in [0, 0.1) is 18.8 Å². The molecule has 2 aromatic heterocycles. The molecular weight excluding hydrogens is 344 g/mol. The molecule has 27 heavy (non-hydrogen) atoms. The Labute approximate surface area is 159 Å². The summed E-state index contributed by atoms with van der Waals surface area (Å²) in [5.41, 5.74) is 0. The number of carbonyl (C=O) groups excluding carboxylic acids is 1. The molecule has 7 nitrogen and oxygen atoms in total. The van der Waals surface area contributed by atoms with E-state index in [1.54, 1.807) is 6.26 Å². The van der Waals surface area contributed by atoms with E-state index in [9.17, 15) is 4.79 Å². The number of hydrogen-bond donors (Lipinski definition) is 0. The van der Waals surface area contributed by atoms with E-state index in [-0.39, 0.29) is 5.92 Å². The minimum Gasteiger partial charge on any atom is -0.468 e. The predicted molar refractivity (Wildman–Crippen MR) is 98.8 cm³/mol. The maximum atomic E-state index is 13.0. The first-order valence-electron chi connectivity index (χ1n) is 10.00. The maximum absolute atomic E-state index is 13.0. The van der Waals surface area contributed by atoms with Gasteiger partial charge in [0.05, 0.1) is 18.7 Å². The minimum atomic E-state index is 0.116. The Kier molecular flexibility index (Phi) is 5.57. The van der Waals surface area contributed by atoms with Gasteiger partial charge in [0.1, 0.15) is 5.76 Å². The van der Waals surface area contributed by atoms with Gasteiger partial charge in [-0.1, -0.05) is 5.16 Å². The van der Waals surface area contributed by atoms with Crippen molar-refractivity contribution in [3.8, 4) is 0 Å². The third-order valence-corrected chi connectivity index (χ3v) is 5.78. The van der Waals surface area contributed by atoms with Gasteiger partial charge in [-0.3, -0.25) is 9.69 Å². The molecule has 1 atom stereocenters. The third kappa shape index (κ3) is 4.58. The van der Waals surface area contributed by atoms with Crippen molar-refractivity contribution in [2.75, 3.05) is 26.2 Å². The Bertz CT molecular complexity index is 734. The van der Waals surface area contributed by atoms with Gasteiger partial charge in [-0.2, -0.15) is 4.98 Å². The van der Waals surface area contributed by atoms with Crippen LogP contribution < -0.4 is 0 Å². The fraction of sp³-hybridized carbons (Fsp3) is 0.650. The van der Waals surface area contributed by atoms with E-state index in [4.69, 9.17) is 8.94 Å². The van der Waals surface area contributed by atoms with Crippen molar-refractivity contribution < 1.29 is 13.7 Å². The van der Waals surface area contributed by atoms with Crippen LogP contribution >= 0.6 is 0 Å². The second-order valence-corrected chi connectivity index (χ2v) is 7.86. The topological polar surface area (TPSA) is 75.6 Å². The Balaban J connectivity index is 1.26. The minimum absolute atomic E-state index is 0.116. The van der Waals surface area contributed by atoms with Crippen LogP contribution in [-0.4, -0.2) is 52.0 Å². The number of hydrogen-bond acceptors (Lipinski definition) is 6. The van der Waals surface area contributed by atoms with Crippen molar-refractivity contribution in [2.24, 2.45) is 11.8 Å². The van der Waals surface area contributed by atoms with Crippen LogP contribution in [0.2, 0.25) is 0 Å². The number of rotatable bonds is 5. The molecule has 1 amide bonds. The molecule has 2 fully saturated rings. The van der Waals surface area contributed by atoms with Crippen LogP contribution in [0.1, 0.15) is 43.2 Å². The summed E-state index contributed by atoms with van der Waals surface area (Å²) < 4.78 is 10.5. The van der Waals surface area contributed by atoms with E-state index >= 15 is 0 Å². The molecular formula is C20H28N4O3. The summed E-state index contributed by atoms with van der Waals surface area (Å²) in [5.74, 6) is 3.36. The van der Waals surface area contributed by atoms with Crippen LogP contribution in [-0.2, 0) is 17.8 Å². The maximum Gasteiger partial charge on any atom is 0.226 e. The zero-order valence-corrected chi connectivity index (χ0v) is 16.0. The molecule has 2 aliphatic rings. The van der Waals surface area contributed by atoms with Crippen LogP contribution in [0.3, 0.4) is 0 Å². The molecule has 0 N–H and O–H groups in total. The zero-order valence-electron chi connectivity index (χ0n) is 16.0. The molecule has 4 rings (SSSR count). The van der Waals surface area contributed by atoms with E-state index in [1.165, 1.54) is 0 Å². The Hall–Kier alpha value is -2.15. The third-order valence-electron chi connectivity index (χ3n) is 5.78. The summed E-state index contributed by atoms with van der Waals surface area (Å²) in [6.45, 7) is 6.17. The number of amides is 1. The summed E-state index contributed by atoms with van der Waals surface area (Å²) in [4.78, 5) is 21.7. The van der Waals surface area contributed by atoms with Crippen molar-refractivity contribution in [1.29, 1.82) is 0 Å². The molecule has 2 aromatic rings. The first-order valence-corrected chi connectivity index (χ1v) is 10.00. The quantitative estimate of drug-likeness (QED) is 0.803. The fourth-order valence-electron chi connectivity index (χ4n) is 4.32. The van der Waals surface area contributed by atoms with Gasteiger partial charge >= 0.3 is 0 Å². The molecule has 0 radical (unpaired) electrons. The van der Waals surface area contributed by atoms with Crippen LogP contribution in [0.15, 0.2) is 27.3 Å². The van der Waals surface area contributed by atoms with Gasteiger partial charge in [0, 0.05) is 33.0 Å². The van der Waals surface area contributed by atoms with Crippen LogP contribution in [0.25, 0.3) is 0 Å². The Morgan fingerprint density at radius 3 is 2.81 bits per heavy atom. The van der Waals surface area contributed by atoms with Gasteiger partial charge in [0.2, 0.25) is 11.8 Å². The molecule has 0 aliphatic carbocycles. The predicted octanol–water partition coefficient (Wildman–Crippen LogP) is 2.66. The molecule has 0 spiro atoms. The van der Waals surface area contributed by atoms with E-state index in [0.717, 1.165) is 76.4 Å². The lowest BCUT2D eigenvalue weighted by Crippen LogP contribution is -2.47. The fourth-order valence-corrected chi connectivity index (χ4v) is 4.32. The number of piperidine rings is 2. The van der Waals surface area contributed by atoms with Gasteiger partial charge in [0.15, 0.2) is 5.82 Å². The second-order valence-electron chi connectivity index (χ2n) is 7.86. The SMILES string of the molecule is Cc1nc(CC2CCN(C(=O)[C@H]3CCCN(Cc4ccco4)C3)CC2)no1. The van der Waals surface area contributed by atoms with Crippen molar-refractivity contribution in [3.63, 3.8) is 0 Å².